The van der Waals surface area contributed by atoms with Crippen LogP contribution >= 0.6 is 0 Å². The molecule has 1 saturated heterocycles. The summed E-state index contributed by atoms with van der Waals surface area (Å²) in [5, 5.41) is 13.4. The first-order chi connectivity index (χ1) is 15.7. The van der Waals surface area contributed by atoms with Crippen LogP contribution in [0.4, 0.5) is 5.69 Å². The van der Waals surface area contributed by atoms with E-state index in [1.54, 1.807) is 18.5 Å². The van der Waals surface area contributed by atoms with E-state index in [9.17, 15) is 9.90 Å². The molecule has 0 aromatic carbocycles. The number of amides is 1. The summed E-state index contributed by atoms with van der Waals surface area (Å²) in [6.07, 6.45) is 9.93. The van der Waals surface area contributed by atoms with Gasteiger partial charge in [0.1, 0.15) is 40.7 Å². The highest BCUT2D eigenvalue weighted by atomic mass is 16.5. The van der Waals surface area contributed by atoms with Crippen molar-refractivity contribution in [1.29, 1.82) is 0 Å². The van der Waals surface area contributed by atoms with Gasteiger partial charge >= 0.3 is 0 Å². The largest absolute Gasteiger partial charge is 0.511 e. The van der Waals surface area contributed by atoms with E-state index in [0.717, 1.165) is 31.0 Å². The van der Waals surface area contributed by atoms with E-state index < -0.39 is 5.91 Å². The third kappa shape index (κ3) is 4.05. The van der Waals surface area contributed by atoms with Crippen LogP contribution in [0.15, 0.2) is 48.6 Å². The average Bonchev–Trinajstić information content (AvgIpc) is 3.19. The number of aliphatic hydroxyl groups is 1. The summed E-state index contributed by atoms with van der Waals surface area (Å²) >= 11 is 0. The molecule has 1 aliphatic carbocycles. The molecule has 0 spiro atoms. The van der Waals surface area contributed by atoms with Gasteiger partial charge in [-0.1, -0.05) is 12.5 Å². The standard InChI is InChI=1S/C24H27N5O3/c30-19-8-7-18-23(27-21-6-2-5-13-29(18)21)22(19)24(31)26-17-16-25-10-9-20(17)32-15-14-28-11-3-1-4-12-28/h2,5-6,9-10,13,16,30H,1,3-4,7-8,11-12,14-15H2,(H,26,31). The fourth-order valence-corrected chi connectivity index (χ4v) is 4.48. The number of hydrogen-bond donors (Lipinski definition) is 2. The van der Waals surface area contributed by atoms with Crippen molar-refractivity contribution >= 4 is 22.8 Å². The monoisotopic (exact) mass is 433 g/mol. The van der Waals surface area contributed by atoms with Crippen LogP contribution in [-0.4, -0.2) is 56.5 Å². The fourth-order valence-electron chi connectivity index (χ4n) is 4.48. The van der Waals surface area contributed by atoms with Crippen molar-refractivity contribution in [2.75, 3.05) is 31.6 Å². The van der Waals surface area contributed by atoms with E-state index in [2.05, 4.69) is 20.2 Å². The smallest absolute Gasteiger partial charge is 0.261 e. The number of pyridine rings is 2. The number of aromatic nitrogens is 3. The number of aryl methyl sites for hydroxylation is 1. The third-order valence-corrected chi connectivity index (χ3v) is 6.12. The number of imidazole rings is 1. The highest BCUT2D eigenvalue weighted by molar-refractivity contribution is 6.26. The van der Waals surface area contributed by atoms with Crippen molar-refractivity contribution in [2.24, 2.45) is 0 Å². The van der Waals surface area contributed by atoms with Crippen LogP contribution in [0.3, 0.4) is 0 Å². The molecule has 32 heavy (non-hydrogen) atoms. The molecule has 0 atom stereocenters. The van der Waals surface area contributed by atoms with E-state index in [0.29, 0.717) is 36.6 Å². The predicted octanol–water partition coefficient (Wildman–Crippen LogP) is 3.45. The van der Waals surface area contributed by atoms with E-state index in [4.69, 9.17) is 4.74 Å². The number of allylic oxidation sites excluding steroid dienone is 1. The minimum Gasteiger partial charge on any atom is -0.511 e. The van der Waals surface area contributed by atoms with Gasteiger partial charge in [-0.05, 0) is 44.5 Å². The van der Waals surface area contributed by atoms with E-state index in [1.807, 2.05) is 28.8 Å². The Balaban J connectivity index is 1.33. The maximum Gasteiger partial charge on any atom is 0.261 e. The highest BCUT2D eigenvalue weighted by Gasteiger charge is 2.29. The van der Waals surface area contributed by atoms with Gasteiger partial charge in [0.25, 0.3) is 5.91 Å². The van der Waals surface area contributed by atoms with Crippen molar-refractivity contribution < 1.29 is 14.6 Å². The SMILES string of the molecule is O=C(Nc1cnccc1OCCN1CCCCC1)C1=C(O)CCc2c1nc1ccccn21. The Bertz CT molecular complexity index is 1160. The maximum atomic E-state index is 13.2. The van der Waals surface area contributed by atoms with Crippen LogP contribution in [0.25, 0.3) is 11.2 Å². The second-order valence-corrected chi connectivity index (χ2v) is 8.23. The predicted molar refractivity (Wildman–Crippen MR) is 122 cm³/mol. The van der Waals surface area contributed by atoms with Gasteiger partial charge in [0.2, 0.25) is 0 Å². The van der Waals surface area contributed by atoms with Gasteiger partial charge in [0, 0.05) is 31.4 Å². The molecule has 5 rings (SSSR count). The number of ether oxygens (including phenoxy) is 1. The van der Waals surface area contributed by atoms with Gasteiger partial charge in [0.15, 0.2) is 0 Å². The normalized spacial score (nSPS) is 16.8. The molecule has 0 bridgehead atoms. The van der Waals surface area contributed by atoms with Crippen LogP contribution in [0.1, 0.15) is 37.1 Å². The molecule has 2 aliphatic rings. The molecule has 3 aromatic rings. The van der Waals surface area contributed by atoms with Crippen molar-refractivity contribution in [3.63, 3.8) is 0 Å². The minimum absolute atomic E-state index is 0.0508. The lowest BCUT2D eigenvalue weighted by Crippen LogP contribution is -2.33. The summed E-state index contributed by atoms with van der Waals surface area (Å²) in [6, 6.07) is 7.47. The number of carbonyl (C=O) groups excluding carboxylic acids is 1. The first-order valence-electron chi connectivity index (χ1n) is 11.2. The van der Waals surface area contributed by atoms with Gasteiger partial charge in [-0.15, -0.1) is 0 Å². The molecule has 3 aromatic heterocycles. The van der Waals surface area contributed by atoms with Crippen LogP contribution in [0.5, 0.6) is 5.75 Å². The number of rotatable bonds is 6. The zero-order valence-electron chi connectivity index (χ0n) is 18.0. The van der Waals surface area contributed by atoms with Crippen molar-refractivity contribution in [3.8, 4) is 5.75 Å². The third-order valence-electron chi connectivity index (χ3n) is 6.12. The van der Waals surface area contributed by atoms with Crippen molar-refractivity contribution in [2.45, 2.75) is 32.1 Å². The zero-order valence-corrected chi connectivity index (χ0v) is 18.0. The average molecular weight is 434 g/mol. The number of anilines is 1. The molecular weight excluding hydrogens is 406 g/mol. The van der Waals surface area contributed by atoms with E-state index in [-0.39, 0.29) is 11.3 Å². The summed E-state index contributed by atoms with van der Waals surface area (Å²) in [5.41, 5.74) is 2.88. The molecule has 0 unspecified atom stereocenters. The number of carbonyl (C=O) groups is 1. The van der Waals surface area contributed by atoms with Crippen LogP contribution in [0, 0.1) is 0 Å². The topological polar surface area (TPSA) is 92.0 Å². The number of likely N-dealkylation sites (tertiary alicyclic amines) is 1. The number of fused-ring (bicyclic) bond motifs is 3. The zero-order chi connectivity index (χ0) is 21.9. The Hall–Kier alpha value is -3.39. The Labute approximate surface area is 186 Å². The van der Waals surface area contributed by atoms with Crippen molar-refractivity contribution in [1.82, 2.24) is 19.3 Å². The molecule has 1 amide bonds. The van der Waals surface area contributed by atoms with E-state index >= 15 is 0 Å². The number of nitrogens with one attached hydrogen (secondary N) is 1. The molecule has 0 saturated carbocycles. The molecule has 1 aliphatic heterocycles. The Morgan fingerprint density at radius 3 is 2.91 bits per heavy atom. The Kier molecular flexibility index (Phi) is 5.77. The van der Waals surface area contributed by atoms with Crippen LogP contribution in [-0.2, 0) is 11.2 Å². The summed E-state index contributed by atoms with van der Waals surface area (Å²) in [7, 11) is 0. The molecule has 2 N–H and O–H groups in total. The first-order valence-corrected chi connectivity index (χ1v) is 11.2. The van der Waals surface area contributed by atoms with Crippen molar-refractivity contribution in [3.05, 3.63) is 60.0 Å². The van der Waals surface area contributed by atoms with Gasteiger partial charge in [-0.25, -0.2) is 4.98 Å². The Morgan fingerprint density at radius 2 is 2.03 bits per heavy atom. The summed E-state index contributed by atoms with van der Waals surface area (Å²) in [5.74, 6) is 0.201. The lowest BCUT2D eigenvalue weighted by Gasteiger charge is -2.26. The van der Waals surface area contributed by atoms with Gasteiger partial charge < -0.3 is 19.6 Å². The maximum absolute atomic E-state index is 13.2. The molecule has 8 nitrogen and oxygen atoms in total. The highest BCUT2D eigenvalue weighted by Crippen LogP contribution is 2.32. The molecule has 8 heteroatoms. The van der Waals surface area contributed by atoms with Gasteiger partial charge in [-0.2, -0.15) is 0 Å². The number of nitrogens with zero attached hydrogens (tertiary/aromatic N) is 4. The molecule has 1 fully saturated rings. The lowest BCUT2D eigenvalue weighted by molar-refractivity contribution is -0.111. The molecule has 166 valence electrons. The molecule has 0 radical (unpaired) electrons. The second-order valence-electron chi connectivity index (χ2n) is 8.23. The molecule has 4 heterocycles. The summed E-state index contributed by atoms with van der Waals surface area (Å²) in [4.78, 5) is 24.4. The van der Waals surface area contributed by atoms with Gasteiger partial charge in [-0.3, -0.25) is 14.7 Å². The van der Waals surface area contributed by atoms with E-state index in [1.165, 1.54) is 19.3 Å². The van der Waals surface area contributed by atoms with Crippen LogP contribution < -0.4 is 10.1 Å². The fraction of sp³-hybridized carbons (Fsp3) is 0.375. The quantitative estimate of drug-likeness (QED) is 0.619. The second kappa shape index (κ2) is 9.00. The number of piperidine rings is 1. The molecular formula is C24H27N5O3. The number of aliphatic hydroxyl groups excluding tert-OH is 1. The summed E-state index contributed by atoms with van der Waals surface area (Å²) < 4.78 is 7.94. The van der Waals surface area contributed by atoms with Gasteiger partial charge in [0.05, 0.1) is 11.9 Å². The first kappa shape index (κ1) is 20.5. The van der Waals surface area contributed by atoms with Crippen LogP contribution in [0.2, 0.25) is 0 Å². The lowest BCUT2D eigenvalue weighted by atomic mass is 9.97. The Morgan fingerprint density at radius 1 is 1.16 bits per heavy atom. The minimum atomic E-state index is -0.416. The summed E-state index contributed by atoms with van der Waals surface area (Å²) in [6.45, 7) is 3.61. The number of hydrogen-bond acceptors (Lipinski definition) is 6.